The number of hydrogen-bond donors (Lipinski definition) is 3. The van der Waals surface area contributed by atoms with E-state index in [2.05, 4.69) is 25.0 Å². The number of esters is 1. The van der Waals surface area contributed by atoms with Crippen molar-refractivity contribution in [3.05, 3.63) is 22.1 Å². The van der Waals surface area contributed by atoms with Crippen LogP contribution in [0.25, 0.3) is 0 Å². The predicted octanol–water partition coefficient (Wildman–Crippen LogP) is 0.709. The van der Waals surface area contributed by atoms with Gasteiger partial charge in [-0.3, -0.25) is 5.32 Å². The molecule has 142 valence electrons. The fourth-order valence-corrected chi connectivity index (χ4v) is 3.90. The molecule has 0 aromatic carbocycles. The molecule has 0 bridgehead atoms. The standard InChI is InChI=1S/C12H13N5O6S2.H3N/c1-6-13-10(16-12(14-6)23-3)15-11(19)17-25(20,21)7-4-5-24-8(7)9(18)22-2;/h4-5H,1-3H3,(H2,13,14,15,16,17,19);1H3. The van der Waals surface area contributed by atoms with E-state index >= 15 is 0 Å². The van der Waals surface area contributed by atoms with Crippen molar-refractivity contribution in [3.8, 4) is 6.01 Å². The van der Waals surface area contributed by atoms with Crippen LogP contribution in [0.2, 0.25) is 0 Å². The largest absolute Gasteiger partial charge is 0.467 e. The van der Waals surface area contributed by atoms with E-state index in [-0.39, 0.29) is 33.7 Å². The molecule has 0 unspecified atom stereocenters. The molecule has 2 heterocycles. The van der Waals surface area contributed by atoms with Crippen molar-refractivity contribution in [2.45, 2.75) is 11.8 Å². The highest BCUT2D eigenvalue weighted by Crippen LogP contribution is 2.22. The summed E-state index contributed by atoms with van der Waals surface area (Å²) in [5, 5.41) is 3.54. The molecule has 0 aliphatic carbocycles. The molecule has 5 N–H and O–H groups in total. The Morgan fingerprint density at radius 2 is 1.88 bits per heavy atom. The van der Waals surface area contributed by atoms with E-state index in [1.165, 1.54) is 25.5 Å². The summed E-state index contributed by atoms with van der Waals surface area (Å²) < 4.78 is 35.6. The Bertz CT molecular complexity index is 913. The Morgan fingerprint density at radius 1 is 1.19 bits per heavy atom. The zero-order valence-corrected chi connectivity index (χ0v) is 15.6. The quantitative estimate of drug-likeness (QED) is 0.599. The van der Waals surface area contributed by atoms with Gasteiger partial charge in [0.2, 0.25) is 5.95 Å². The normalized spacial score (nSPS) is 10.4. The molecule has 0 saturated carbocycles. The van der Waals surface area contributed by atoms with E-state index in [0.717, 1.165) is 18.4 Å². The number of aromatic nitrogens is 3. The Labute approximate surface area is 152 Å². The van der Waals surface area contributed by atoms with Crippen molar-refractivity contribution >= 4 is 39.3 Å². The molecule has 2 amide bonds. The second-order valence-corrected chi connectivity index (χ2v) is 6.93. The number of carbonyl (C=O) groups is 2. The molecule has 12 nitrogen and oxygen atoms in total. The fraction of sp³-hybridized carbons (Fsp3) is 0.250. The van der Waals surface area contributed by atoms with Gasteiger partial charge in [-0.25, -0.2) is 22.7 Å². The lowest BCUT2D eigenvalue weighted by atomic mass is 10.5. The van der Waals surface area contributed by atoms with Crippen molar-refractivity contribution in [1.82, 2.24) is 25.8 Å². The molecule has 14 heteroatoms. The number of urea groups is 1. The van der Waals surface area contributed by atoms with Gasteiger partial charge in [-0.1, -0.05) is 0 Å². The number of aryl methyl sites for hydroxylation is 1. The molecular weight excluding hydrogens is 388 g/mol. The van der Waals surface area contributed by atoms with E-state index in [4.69, 9.17) is 4.74 Å². The number of thiophene rings is 1. The van der Waals surface area contributed by atoms with Crippen molar-refractivity contribution in [2.24, 2.45) is 0 Å². The summed E-state index contributed by atoms with van der Waals surface area (Å²) in [7, 11) is -1.86. The highest BCUT2D eigenvalue weighted by atomic mass is 32.2. The van der Waals surface area contributed by atoms with Crippen LogP contribution in [0.4, 0.5) is 10.7 Å². The van der Waals surface area contributed by atoms with Crippen LogP contribution in [0.1, 0.15) is 15.5 Å². The molecule has 0 aliphatic rings. The highest BCUT2D eigenvalue weighted by Gasteiger charge is 2.26. The van der Waals surface area contributed by atoms with Crippen molar-refractivity contribution in [2.75, 3.05) is 19.5 Å². The summed E-state index contributed by atoms with van der Waals surface area (Å²) >= 11 is 0.872. The predicted molar refractivity (Wildman–Crippen MR) is 91.1 cm³/mol. The molecule has 26 heavy (non-hydrogen) atoms. The van der Waals surface area contributed by atoms with Crippen LogP contribution in [0.15, 0.2) is 16.3 Å². The lowest BCUT2D eigenvalue weighted by Crippen LogP contribution is -2.35. The lowest BCUT2D eigenvalue weighted by molar-refractivity contribution is 0.0602. The van der Waals surface area contributed by atoms with Gasteiger partial charge in [0.15, 0.2) is 0 Å². The average Bonchev–Trinajstić information content (AvgIpc) is 3.03. The smallest absolute Gasteiger partial charge is 0.349 e. The number of ether oxygens (including phenoxy) is 2. The van der Waals surface area contributed by atoms with Crippen molar-refractivity contribution < 1.29 is 27.5 Å². The minimum absolute atomic E-state index is 0. The summed E-state index contributed by atoms with van der Waals surface area (Å²) in [4.78, 5) is 34.4. The molecule has 0 atom stereocenters. The minimum Gasteiger partial charge on any atom is -0.467 e. The SMILES string of the molecule is COC(=O)c1sccc1S(=O)(=O)NC(=O)Nc1nc(C)nc(OC)n1.N. The van der Waals surface area contributed by atoms with Gasteiger partial charge in [0.25, 0.3) is 10.0 Å². The second-order valence-electron chi connectivity index (χ2n) is 4.36. The number of carbonyl (C=O) groups excluding carboxylic acids is 2. The number of rotatable bonds is 5. The molecule has 2 rings (SSSR count). The minimum atomic E-state index is -4.30. The van der Waals surface area contributed by atoms with Crippen molar-refractivity contribution in [3.63, 3.8) is 0 Å². The fourth-order valence-electron chi connectivity index (χ4n) is 1.66. The average molecular weight is 404 g/mol. The first-order chi connectivity index (χ1) is 11.8. The number of nitrogens with zero attached hydrogens (tertiary/aromatic N) is 3. The van der Waals surface area contributed by atoms with Crippen LogP contribution in [0.3, 0.4) is 0 Å². The van der Waals surface area contributed by atoms with Crippen LogP contribution in [-0.4, -0.2) is 49.6 Å². The van der Waals surface area contributed by atoms with E-state index in [1.807, 2.05) is 0 Å². The second kappa shape index (κ2) is 8.50. The summed E-state index contributed by atoms with van der Waals surface area (Å²) in [5.41, 5.74) is 0. The number of nitrogens with one attached hydrogen (secondary N) is 2. The van der Waals surface area contributed by atoms with Crippen LogP contribution < -0.4 is 20.9 Å². The van der Waals surface area contributed by atoms with E-state index in [9.17, 15) is 18.0 Å². The zero-order valence-electron chi connectivity index (χ0n) is 14.0. The molecule has 0 aliphatic heterocycles. The summed E-state index contributed by atoms with van der Waals surface area (Å²) in [6, 6.07) is 0.0222. The van der Waals surface area contributed by atoms with E-state index < -0.39 is 22.0 Å². The first-order valence-corrected chi connectivity index (χ1v) is 8.89. The summed E-state index contributed by atoms with van der Waals surface area (Å²) in [6.07, 6.45) is 0. The monoisotopic (exact) mass is 404 g/mol. The molecule has 0 fully saturated rings. The van der Waals surface area contributed by atoms with Gasteiger partial charge >= 0.3 is 18.0 Å². The number of sulfonamides is 1. The van der Waals surface area contributed by atoms with Crippen LogP contribution in [0, 0.1) is 6.92 Å². The maximum atomic E-state index is 12.3. The van der Waals surface area contributed by atoms with Crippen LogP contribution in [-0.2, 0) is 14.8 Å². The zero-order chi connectivity index (χ0) is 18.6. The van der Waals surface area contributed by atoms with Gasteiger partial charge in [-0.05, 0) is 18.4 Å². The molecule has 0 radical (unpaired) electrons. The molecule has 2 aromatic rings. The maximum Gasteiger partial charge on any atom is 0.349 e. The topological polar surface area (TPSA) is 184 Å². The van der Waals surface area contributed by atoms with Crippen LogP contribution in [0.5, 0.6) is 6.01 Å². The number of amides is 2. The Kier molecular flexibility index (Phi) is 6.93. The van der Waals surface area contributed by atoms with Gasteiger partial charge in [-0.2, -0.15) is 15.0 Å². The van der Waals surface area contributed by atoms with Gasteiger partial charge < -0.3 is 15.6 Å². The number of anilines is 1. The Hall–Kier alpha value is -2.84. The third-order valence-corrected chi connectivity index (χ3v) is 5.05. The third kappa shape index (κ3) is 4.84. The third-order valence-electron chi connectivity index (χ3n) is 2.65. The Balaban J connectivity index is 0.00000338. The summed E-state index contributed by atoms with van der Waals surface area (Å²) in [5.74, 6) is -0.764. The van der Waals surface area contributed by atoms with E-state index in [0.29, 0.717) is 0 Å². The molecule has 0 spiro atoms. The summed E-state index contributed by atoms with van der Waals surface area (Å²) in [6.45, 7) is 1.54. The molecule has 0 saturated heterocycles. The van der Waals surface area contributed by atoms with Gasteiger partial charge in [-0.15, -0.1) is 11.3 Å². The van der Waals surface area contributed by atoms with Gasteiger partial charge in [0.1, 0.15) is 15.6 Å². The van der Waals surface area contributed by atoms with Gasteiger partial charge in [0.05, 0.1) is 14.2 Å². The van der Waals surface area contributed by atoms with Crippen molar-refractivity contribution in [1.29, 1.82) is 0 Å². The molecule has 2 aromatic heterocycles. The lowest BCUT2D eigenvalue weighted by Gasteiger charge is -2.08. The first-order valence-electron chi connectivity index (χ1n) is 6.53. The van der Waals surface area contributed by atoms with E-state index in [1.54, 1.807) is 4.72 Å². The molecular formula is C12H16N6O6S2. The van der Waals surface area contributed by atoms with Crippen LogP contribution >= 0.6 is 11.3 Å². The van der Waals surface area contributed by atoms with Gasteiger partial charge in [0, 0.05) is 0 Å². The number of methoxy groups -OCH3 is 2. The maximum absolute atomic E-state index is 12.3. The first kappa shape index (κ1) is 21.2. The Morgan fingerprint density at radius 3 is 2.50 bits per heavy atom. The highest BCUT2D eigenvalue weighted by molar-refractivity contribution is 7.90. The number of hydrogen-bond acceptors (Lipinski definition) is 11.